The Morgan fingerprint density at radius 1 is 1.37 bits per heavy atom. The average molecular weight is 406 g/mol. The number of hydrogen-bond acceptors (Lipinski definition) is 6. The number of ketones is 1. The van der Waals surface area contributed by atoms with Gasteiger partial charge in [0.2, 0.25) is 0 Å². The molecule has 1 unspecified atom stereocenters. The Morgan fingerprint density at radius 3 is 2.81 bits per heavy atom. The third-order valence-electron chi connectivity index (χ3n) is 4.25. The number of carbonyl (C=O) groups excluding carboxylic acids is 2. The summed E-state index contributed by atoms with van der Waals surface area (Å²) in [5, 5.41) is 12.2. The number of thiophene rings is 1. The number of aliphatic hydroxyl groups is 1. The zero-order valence-corrected chi connectivity index (χ0v) is 15.5. The van der Waals surface area contributed by atoms with Crippen LogP contribution in [-0.2, 0) is 9.59 Å². The molecule has 1 aromatic carbocycles. The number of carbonyl (C=O) groups is 2. The smallest absolute Gasteiger partial charge is 0.296 e. The minimum atomic E-state index is -0.849. The van der Waals surface area contributed by atoms with E-state index >= 15 is 0 Å². The molecule has 0 bridgehead atoms. The van der Waals surface area contributed by atoms with Gasteiger partial charge in [0.15, 0.2) is 22.5 Å². The molecular weight excluding hydrogens is 394 g/mol. The summed E-state index contributed by atoms with van der Waals surface area (Å²) in [5.74, 6) is -3.37. The Labute approximate surface area is 160 Å². The van der Waals surface area contributed by atoms with Gasteiger partial charge in [-0.25, -0.2) is 13.8 Å². The predicted molar refractivity (Wildman–Crippen MR) is 99.0 cm³/mol. The fraction of sp³-hybridized carbons (Fsp3) is 0.167. The first-order valence-electron chi connectivity index (χ1n) is 8.01. The SMILES string of the molecule is CCC(=O)C1=C(O)C(=O)N(c2nc3c(F)cc(F)cc3s2)C1c1cccs1. The lowest BCUT2D eigenvalue weighted by Crippen LogP contribution is -2.30. The molecule has 1 aliphatic heterocycles. The minimum absolute atomic E-state index is 0.00383. The van der Waals surface area contributed by atoms with Crippen molar-refractivity contribution in [1.82, 2.24) is 4.98 Å². The number of aromatic nitrogens is 1. The average Bonchev–Trinajstić information content (AvgIpc) is 3.33. The van der Waals surface area contributed by atoms with Crippen molar-refractivity contribution in [2.24, 2.45) is 0 Å². The monoisotopic (exact) mass is 406 g/mol. The fourth-order valence-corrected chi connectivity index (χ4v) is 4.90. The summed E-state index contributed by atoms with van der Waals surface area (Å²) in [6, 6.07) is 4.50. The van der Waals surface area contributed by atoms with Crippen LogP contribution in [0.3, 0.4) is 0 Å². The van der Waals surface area contributed by atoms with Crippen LogP contribution < -0.4 is 4.90 Å². The summed E-state index contributed by atoms with van der Waals surface area (Å²) in [7, 11) is 0. The number of anilines is 1. The maximum atomic E-state index is 14.0. The Morgan fingerprint density at radius 2 is 2.15 bits per heavy atom. The molecule has 0 fully saturated rings. The molecule has 0 saturated carbocycles. The van der Waals surface area contributed by atoms with Crippen molar-refractivity contribution in [2.45, 2.75) is 19.4 Å². The van der Waals surface area contributed by atoms with E-state index in [2.05, 4.69) is 4.98 Å². The van der Waals surface area contributed by atoms with Crippen molar-refractivity contribution in [2.75, 3.05) is 4.90 Å². The molecule has 0 saturated heterocycles. The number of hydrogen-bond donors (Lipinski definition) is 1. The minimum Gasteiger partial charge on any atom is -0.503 e. The van der Waals surface area contributed by atoms with E-state index in [-0.39, 0.29) is 33.1 Å². The van der Waals surface area contributed by atoms with Gasteiger partial charge in [-0.05, 0) is 17.5 Å². The molecule has 3 heterocycles. The fourth-order valence-electron chi connectivity index (χ4n) is 3.04. The van der Waals surface area contributed by atoms with Gasteiger partial charge in [0.25, 0.3) is 5.91 Å². The maximum Gasteiger partial charge on any atom is 0.296 e. The number of aliphatic hydroxyl groups excluding tert-OH is 1. The Kier molecular flexibility index (Phi) is 4.27. The second-order valence-corrected chi connectivity index (χ2v) is 7.85. The van der Waals surface area contributed by atoms with Crippen LogP contribution in [0, 0.1) is 11.6 Å². The highest BCUT2D eigenvalue weighted by Crippen LogP contribution is 2.45. The molecular formula is C18H12F2N2O3S2. The first-order valence-corrected chi connectivity index (χ1v) is 9.70. The normalized spacial score (nSPS) is 17.4. The zero-order valence-electron chi connectivity index (χ0n) is 13.9. The van der Waals surface area contributed by atoms with Crippen LogP contribution in [0.2, 0.25) is 0 Å². The summed E-state index contributed by atoms with van der Waals surface area (Å²) in [6.45, 7) is 1.64. The van der Waals surface area contributed by atoms with Crippen LogP contribution in [0.4, 0.5) is 13.9 Å². The predicted octanol–water partition coefficient (Wildman–Crippen LogP) is 4.52. The molecule has 1 N–H and O–H groups in total. The van der Waals surface area contributed by atoms with E-state index in [9.17, 15) is 23.5 Å². The molecule has 0 radical (unpaired) electrons. The highest BCUT2D eigenvalue weighted by atomic mass is 32.1. The largest absolute Gasteiger partial charge is 0.503 e. The van der Waals surface area contributed by atoms with Crippen molar-refractivity contribution >= 4 is 49.7 Å². The van der Waals surface area contributed by atoms with Crippen molar-refractivity contribution < 1.29 is 23.5 Å². The van der Waals surface area contributed by atoms with Crippen molar-refractivity contribution in [3.05, 3.63) is 57.5 Å². The van der Waals surface area contributed by atoms with Gasteiger partial charge in [-0.15, -0.1) is 11.3 Å². The van der Waals surface area contributed by atoms with Gasteiger partial charge in [0, 0.05) is 17.4 Å². The second-order valence-electron chi connectivity index (χ2n) is 5.86. The van der Waals surface area contributed by atoms with E-state index in [1.807, 2.05) is 0 Å². The number of Topliss-reactive ketones (excluding diaryl/α,β-unsaturated/α-hetero) is 1. The summed E-state index contributed by atoms with van der Waals surface area (Å²) in [4.78, 5) is 31.1. The number of benzene rings is 1. The van der Waals surface area contributed by atoms with Gasteiger partial charge in [-0.1, -0.05) is 24.3 Å². The lowest BCUT2D eigenvalue weighted by molar-refractivity contribution is -0.118. The van der Waals surface area contributed by atoms with E-state index in [0.717, 1.165) is 23.5 Å². The van der Waals surface area contributed by atoms with Crippen LogP contribution >= 0.6 is 22.7 Å². The molecule has 5 nitrogen and oxygen atoms in total. The van der Waals surface area contributed by atoms with Crippen molar-refractivity contribution in [3.8, 4) is 0 Å². The van der Waals surface area contributed by atoms with E-state index in [4.69, 9.17) is 0 Å². The van der Waals surface area contributed by atoms with Gasteiger partial charge in [0.1, 0.15) is 17.4 Å². The number of rotatable bonds is 4. The van der Waals surface area contributed by atoms with Gasteiger partial charge >= 0.3 is 0 Å². The summed E-state index contributed by atoms with van der Waals surface area (Å²) in [5.41, 5.74) is -0.0697. The van der Waals surface area contributed by atoms with Crippen LogP contribution in [0.1, 0.15) is 24.3 Å². The van der Waals surface area contributed by atoms with Crippen LogP contribution in [0.25, 0.3) is 10.2 Å². The summed E-state index contributed by atoms with van der Waals surface area (Å²) < 4.78 is 27.8. The lowest BCUT2D eigenvalue weighted by atomic mass is 10.0. The maximum absolute atomic E-state index is 14.0. The molecule has 4 rings (SSSR count). The molecule has 1 aliphatic rings. The van der Waals surface area contributed by atoms with Gasteiger partial charge in [0.05, 0.1) is 10.3 Å². The zero-order chi connectivity index (χ0) is 19.3. The lowest BCUT2D eigenvalue weighted by Gasteiger charge is -2.22. The summed E-state index contributed by atoms with van der Waals surface area (Å²) in [6.07, 6.45) is 0.113. The molecule has 2 aromatic heterocycles. The summed E-state index contributed by atoms with van der Waals surface area (Å²) >= 11 is 2.24. The molecule has 27 heavy (non-hydrogen) atoms. The van der Waals surface area contributed by atoms with Crippen molar-refractivity contribution in [1.29, 1.82) is 0 Å². The first kappa shape index (κ1) is 17.7. The molecule has 3 aromatic rings. The quantitative estimate of drug-likeness (QED) is 0.692. The molecule has 9 heteroatoms. The number of thiazole rings is 1. The number of nitrogens with zero attached hydrogens (tertiary/aromatic N) is 2. The second kappa shape index (κ2) is 6.50. The Balaban J connectivity index is 1.90. The first-order chi connectivity index (χ1) is 12.9. The van der Waals surface area contributed by atoms with Crippen LogP contribution in [0.15, 0.2) is 41.0 Å². The van der Waals surface area contributed by atoms with Crippen molar-refractivity contribution in [3.63, 3.8) is 0 Å². The van der Waals surface area contributed by atoms with E-state index < -0.39 is 29.3 Å². The number of fused-ring (bicyclic) bond motifs is 1. The topological polar surface area (TPSA) is 70.5 Å². The third kappa shape index (κ3) is 2.74. The highest BCUT2D eigenvalue weighted by Gasteiger charge is 2.45. The standard InChI is InChI=1S/C18H12F2N2O3S2/c1-2-10(23)13-15(11-4-3-5-26-11)22(17(25)16(13)24)18-21-14-9(20)6-8(19)7-12(14)27-18/h3-7,15,24H,2H2,1H3. The van der Waals surface area contributed by atoms with Crippen LogP contribution in [0.5, 0.6) is 0 Å². The van der Waals surface area contributed by atoms with E-state index in [1.54, 1.807) is 24.4 Å². The van der Waals surface area contributed by atoms with E-state index in [0.29, 0.717) is 4.88 Å². The Bertz CT molecular complexity index is 1110. The molecule has 1 amide bonds. The van der Waals surface area contributed by atoms with Gasteiger partial charge < -0.3 is 5.11 Å². The van der Waals surface area contributed by atoms with Gasteiger partial charge in [-0.3, -0.25) is 14.5 Å². The number of amides is 1. The highest BCUT2D eigenvalue weighted by molar-refractivity contribution is 7.22. The number of halogens is 2. The van der Waals surface area contributed by atoms with E-state index in [1.165, 1.54) is 16.2 Å². The molecule has 0 aliphatic carbocycles. The molecule has 0 spiro atoms. The third-order valence-corrected chi connectivity index (χ3v) is 6.18. The molecule has 1 atom stereocenters. The van der Waals surface area contributed by atoms with Gasteiger partial charge in [-0.2, -0.15) is 0 Å². The van der Waals surface area contributed by atoms with Crippen LogP contribution in [-0.4, -0.2) is 21.8 Å². The Hall–Kier alpha value is -2.65. The molecule has 138 valence electrons.